The van der Waals surface area contributed by atoms with E-state index in [2.05, 4.69) is 28.1 Å². The van der Waals surface area contributed by atoms with Gasteiger partial charge in [-0.15, -0.1) is 0 Å². The number of hydrogen-bond acceptors (Lipinski definition) is 1. The van der Waals surface area contributed by atoms with Crippen molar-refractivity contribution >= 4 is 21.7 Å². The van der Waals surface area contributed by atoms with Crippen LogP contribution in [-0.4, -0.2) is 10.6 Å². The van der Waals surface area contributed by atoms with Gasteiger partial charge in [0.1, 0.15) is 0 Å². The van der Waals surface area contributed by atoms with E-state index in [0.717, 1.165) is 30.4 Å². The van der Waals surface area contributed by atoms with Crippen LogP contribution in [0.5, 0.6) is 0 Å². The van der Waals surface area contributed by atoms with E-state index in [4.69, 9.17) is 0 Å². The molecule has 1 unspecified atom stereocenters. The summed E-state index contributed by atoms with van der Waals surface area (Å²) in [6, 6.07) is 19.9. The van der Waals surface area contributed by atoms with E-state index in [1.165, 1.54) is 0 Å². The van der Waals surface area contributed by atoms with Gasteiger partial charge in [-0.05, 0) is 18.4 Å². The lowest BCUT2D eigenvalue weighted by Gasteiger charge is -2.32. The van der Waals surface area contributed by atoms with Crippen molar-refractivity contribution in [2.45, 2.75) is 29.5 Å². The van der Waals surface area contributed by atoms with Crippen LogP contribution in [0.25, 0.3) is 0 Å². The summed E-state index contributed by atoms with van der Waals surface area (Å²) in [5.41, 5.74) is 1.53. The smallest absolute Gasteiger partial charge is 0.174 e. The maximum atomic E-state index is 13.1. The molecule has 1 aliphatic rings. The fourth-order valence-corrected chi connectivity index (χ4v) is 4.28. The molecule has 0 N–H and O–H groups in total. The molecule has 2 atom stereocenters. The molecule has 2 aromatic carbocycles. The summed E-state index contributed by atoms with van der Waals surface area (Å²) >= 11 is 3.78. The Morgan fingerprint density at radius 3 is 2.15 bits per heavy atom. The number of ketones is 1. The topological polar surface area (TPSA) is 17.1 Å². The molecule has 0 aliphatic heterocycles. The Labute approximate surface area is 128 Å². The van der Waals surface area contributed by atoms with Gasteiger partial charge >= 0.3 is 0 Å². The first-order valence-electron chi connectivity index (χ1n) is 7.04. The Kier molecular flexibility index (Phi) is 3.75. The zero-order chi connectivity index (χ0) is 14.0. The Balaban J connectivity index is 2.10. The molecular formula is C18H17BrO. The number of carbonyl (C=O) groups is 1. The monoisotopic (exact) mass is 328 g/mol. The summed E-state index contributed by atoms with van der Waals surface area (Å²) in [7, 11) is 0. The second kappa shape index (κ2) is 5.53. The molecule has 1 aliphatic carbocycles. The molecule has 102 valence electrons. The minimum Gasteiger partial charge on any atom is -0.293 e. The van der Waals surface area contributed by atoms with Crippen LogP contribution in [0.1, 0.15) is 35.2 Å². The average Bonchev–Trinajstić information content (AvgIpc) is 2.91. The number of Topliss-reactive ketones (excluding diaryl/α,β-unsaturated/α-hetero) is 1. The first-order chi connectivity index (χ1) is 9.75. The van der Waals surface area contributed by atoms with Crippen LogP contribution in [0.4, 0.5) is 0 Å². The minimum atomic E-state index is -0.414. The Morgan fingerprint density at radius 2 is 1.60 bits per heavy atom. The molecule has 0 bridgehead atoms. The van der Waals surface area contributed by atoms with Crippen LogP contribution in [0.2, 0.25) is 0 Å². The van der Waals surface area contributed by atoms with Crippen molar-refractivity contribution in [3.05, 3.63) is 71.8 Å². The molecule has 0 saturated heterocycles. The second-order valence-electron chi connectivity index (χ2n) is 5.39. The number of rotatable bonds is 3. The molecule has 0 radical (unpaired) electrons. The lowest BCUT2D eigenvalue weighted by Crippen LogP contribution is -2.40. The van der Waals surface area contributed by atoms with Crippen LogP contribution in [-0.2, 0) is 5.41 Å². The van der Waals surface area contributed by atoms with E-state index in [-0.39, 0.29) is 10.6 Å². The lowest BCUT2D eigenvalue weighted by atomic mass is 9.73. The molecule has 2 heteroatoms. The van der Waals surface area contributed by atoms with Gasteiger partial charge < -0.3 is 0 Å². The maximum absolute atomic E-state index is 13.1. The van der Waals surface area contributed by atoms with Crippen molar-refractivity contribution in [1.82, 2.24) is 0 Å². The van der Waals surface area contributed by atoms with E-state index < -0.39 is 5.41 Å². The molecule has 0 amide bonds. The summed E-state index contributed by atoms with van der Waals surface area (Å²) in [6.07, 6.45) is 3.05. The van der Waals surface area contributed by atoms with Crippen molar-refractivity contribution in [2.24, 2.45) is 0 Å². The zero-order valence-corrected chi connectivity index (χ0v) is 12.8. The van der Waals surface area contributed by atoms with Gasteiger partial charge in [0.2, 0.25) is 0 Å². The number of halogens is 1. The highest BCUT2D eigenvalue weighted by molar-refractivity contribution is 9.09. The van der Waals surface area contributed by atoms with E-state index in [1.54, 1.807) is 0 Å². The molecule has 0 aromatic heterocycles. The Bertz CT molecular complexity index is 593. The molecule has 1 nitrogen and oxygen atoms in total. The summed E-state index contributed by atoms with van der Waals surface area (Å²) in [6.45, 7) is 0. The third-order valence-electron chi connectivity index (χ3n) is 4.29. The molecular weight excluding hydrogens is 312 g/mol. The first kappa shape index (κ1) is 13.6. The second-order valence-corrected chi connectivity index (χ2v) is 6.50. The van der Waals surface area contributed by atoms with Gasteiger partial charge in [0.15, 0.2) is 5.78 Å². The SMILES string of the molecule is O=C(c1ccccc1)[C@@]1(c2ccccc2)CCCC1Br. The van der Waals surface area contributed by atoms with Crippen molar-refractivity contribution in [3.63, 3.8) is 0 Å². The fraction of sp³-hybridized carbons (Fsp3) is 0.278. The zero-order valence-electron chi connectivity index (χ0n) is 11.3. The predicted molar refractivity (Wildman–Crippen MR) is 85.5 cm³/mol. The standard InChI is InChI=1S/C18H17BrO/c19-16-12-7-13-18(16,15-10-5-2-6-11-15)17(20)14-8-3-1-4-9-14/h1-6,8-11,16H,7,12-13H2/t16?,18-/m1/s1. The molecule has 20 heavy (non-hydrogen) atoms. The van der Waals surface area contributed by atoms with Crippen molar-refractivity contribution in [1.29, 1.82) is 0 Å². The van der Waals surface area contributed by atoms with Crippen LogP contribution in [0.3, 0.4) is 0 Å². The lowest BCUT2D eigenvalue weighted by molar-refractivity contribution is 0.0891. The quantitative estimate of drug-likeness (QED) is 0.586. The Hall–Kier alpha value is -1.41. The molecule has 2 aromatic rings. The van der Waals surface area contributed by atoms with Gasteiger partial charge in [-0.1, -0.05) is 83.0 Å². The number of alkyl halides is 1. The third kappa shape index (κ3) is 2.12. The van der Waals surface area contributed by atoms with E-state index in [9.17, 15) is 4.79 Å². The van der Waals surface area contributed by atoms with Gasteiger partial charge in [0.05, 0.1) is 5.41 Å². The highest BCUT2D eigenvalue weighted by Crippen LogP contribution is 2.47. The van der Waals surface area contributed by atoms with E-state index >= 15 is 0 Å². The molecule has 1 fully saturated rings. The van der Waals surface area contributed by atoms with Crippen LogP contribution >= 0.6 is 15.9 Å². The minimum absolute atomic E-state index is 0.213. The first-order valence-corrected chi connectivity index (χ1v) is 7.96. The molecule has 0 heterocycles. The average molecular weight is 329 g/mol. The van der Waals surface area contributed by atoms with Gasteiger partial charge in [-0.2, -0.15) is 0 Å². The molecule has 1 saturated carbocycles. The summed E-state index contributed by atoms with van der Waals surface area (Å²) < 4.78 is 0. The van der Waals surface area contributed by atoms with Gasteiger partial charge in [-0.3, -0.25) is 4.79 Å². The normalized spacial score (nSPS) is 25.6. The van der Waals surface area contributed by atoms with Crippen molar-refractivity contribution < 1.29 is 4.79 Å². The fourth-order valence-electron chi connectivity index (χ4n) is 3.26. The number of hydrogen-bond donors (Lipinski definition) is 0. The Morgan fingerprint density at radius 1 is 1.00 bits per heavy atom. The van der Waals surface area contributed by atoms with Crippen LogP contribution in [0, 0.1) is 0 Å². The van der Waals surface area contributed by atoms with Gasteiger partial charge in [0.25, 0.3) is 0 Å². The summed E-state index contributed by atoms with van der Waals surface area (Å²) in [5, 5.41) is 0. The largest absolute Gasteiger partial charge is 0.293 e. The molecule has 0 spiro atoms. The van der Waals surface area contributed by atoms with Gasteiger partial charge in [-0.25, -0.2) is 0 Å². The van der Waals surface area contributed by atoms with Crippen LogP contribution < -0.4 is 0 Å². The van der Waals surface area contributed by atoms with Crippen molar-refractivity contribution in [3.8, 4) is 0 Å². The maximum Gasteiger partial charge on any atom is 0.174 e. The van der Waals surface area contributed by atoms with Gasteiger partial charge in [0, 0.05) is 10.4 Å². The highest BCUT2D eigenvalue weighted by atomic mass is 79.9. The molecule has 3 rings (SSSR count). The van der Waals surface area contributed by atoms with Crippen LogP contribution in [0.15, 0.2) is 60.7 Å². The predicted octanol–water partition coefficient (Wildman–Crippen LogP) is 4.75. The highest BCUT2D eigenvalue weighted by Gasteiger charge is 2.49. The van der Waals surface area contributed by atoms with Crippen molar-refractivity contribution in [2.75, 3.05) is 0 Å². The summed E-state index contributed by atoms with van der Waals surface area (Å²) in [5.74, 6) is 0.240. The van der Waals surface area contributed by atoms with E-state index in [1.807, 2.05) is 48.5 Å². The number of benzene rings is 2. The third-order valence-corrected chi connectivity index (χ3v) is 5.53. The van der Waals surface area contributed by atoms with E-state index in [0.29, 0.717) is 0 Å². The number of carbonyl (C=O) groups excluding carboxylic acids is 1. The summed E-state index contributed by atoms with van der Waals surface area (Å²) in [4.78, 5) is 13.4.